The van der Waals surface area contributed by atoms with E-state index in [4.69, 9.17) is 9.37 Å². The largest absolute Gasteiger partial charge is 0.497 e. The van der Waals surface area contributed by atoms with Gasteiger partial charge in [0.1, 0.15) is 16.8 Å². The van der Waals surface area contributed by atoms with Gasteiger partial charge in [-0.3, -0.25) is 4.79 Å². The van der Waals surface area contributed by atoms with Gasteiger partial charge in [-0.05, 0) is 64.8 Å². The first-order valence-electron chi connectivity index (χ1n) is 9.89. The summed E-state index contributed by atoms with van der Waals surface area (Å²) < 4.78 is 9.89. The van der Waals surface area contributed by atoms with Gasteiger partial charge in [0.15, 0.2) is 5.78 Å². The highest BCUT2D eigenvalue weighted by molar-refractivity contribution is 6.26. The predicted molar refractivity (Wildman–Crippen MR) is 119 cm³/mol. The number of carbonyl (C=O) groups excluding carboxylic acids is 1. The average molecular weight is 428 g/mol. The van der Waals surface area contributed by atoms with Crippen LogP contribution in [0.2, 0.25) is 0 Å². The summed E-state index contributed by atoms with van der Waals surface area (Å²) in [5, 5.41) is 17.7. The van der Waals surface area contributed by atoms with Crippen molar-refractivity contribution in [1.29, 1.82) is 0 Å². The maximum Gasteiger partial charge on any atom is 0.336 e. The fourth-order valence-electron chi connectivity index (χ4n) is 3.47. The van der Waals surface area contributed by atoms with Crippen molar-refractivity contribution in [3.05, 3.63) is 94.6 Å². The third-order valence-corrected chi connectivity index (χ3v) is 5.19. The van der Waals surface area contributed by atoms with Crippen LogP contribution in [0.25, 0.3) is 16.6 Å². The molecule has 0 saturated heterocycles. The van der Waals surface area contributed by atoms with Gasteiger partial charge in [-0.25, -0.2) is 9.42 Å². The van der Waals surface area contributed by atoms with Crippen molar-refractivity contribution in [2.24, 2.45) is 0 Å². The number of methoxy groups -OCH3 is 1. The second-order valence-electron chi connectivity index (χ2n) is 7.35. The molecule has 0 unspecified atom stereocenters. The monoisotopic (exact) mass is 428 g/mol. The molecular weight excluding hydrogens is 408 g/mol. The molecule has 32 heavy (non-hydrogen) atoms. The minimum atomic E-state index is -1.20. The summed E-state index contributed by atoms with van der Waals surface area (Å²) in [6.07, 6.45) is 0.155. The van der Waals surface area contributed by atoms with Crippen LogP contribution in [0.5, 0.6) is 5.75 Å². The van der Waals surface area contributed by atoms with Crippen molar-refractivity contribution in [2.45, 2.75) is 13.3 Å². The van der Waals surface area contributed by atoms with Crippen LogP contribution in [-0.2, 0) is 11.2 Å². The normalized spacial score (nSPS) is 11.8. The van der Waals surface area contributed by atoms with Gasteiger partial charge in [-0.2, -0.15) is 0 Å². The van der Waals surface area contributed by atoms with E-state index >= 15 is 0 Å². The summed E-state index contributed by atoms with van der Waals surface area (Å²) >= 11 is 0. The van der Waals surface area contributed by atoms with Crippen LogP contribution in [0, 0.1) is 6.92 Å². The molecule has 1 N–H and O–H groups in total. The van der Waals surface area contributed by atoms with Gasteiger partial charge in [0.25, 0.3) is 0 Å². The number of allylic oxidation sites excluding steroid dienone is 1. The summed E-state index contributed by atoms with van der Waals surface area (Å²) in [4.78, 5) is 25.9. The van der Waals surface area contributed by atoms with Crippen LogP contribution in [0.4, 0.5) is 0 Å². The van der Waals surface area contributed by atoms with Crippen molar-refractivity contribution in [1.82, 2.24) is 10.3 Å². The number of nitrogens with zero attached hydrogens (tertiary/aromatic N) is 2. The quantitative estimate of drug-likeness (QED) is 0.341. The minimum Gasteiger partial charge on any atom is -0.497 e. The highest BCUT2D eigenvalue weighted by Gasteiger charge is 2.24. The molecule has 7 heteroatoms. The Bertz CT molecular complexity index is 1320. The maximum absolute atomic E-state index is 13.5. The van der Waals surface area contributed by atoms with Crippen molar-refractivity contribution >= 4 is 28.4 Å². The van der Waals surface area contributed by atoms with Crippen molar-refractivity contribution in [2.75, 3.05) is 7.11 Å². The molecular formula is C25H20N2O5. The number of aliphatic carboxylic acids is 1. The topological polar surface area (TPSA) is 103 Å². The number of Topliss-reactive ketones (excluding diaryl/α,β-unsaturated/α-hetero) is 1. The first-order chi connectivity index (χ1) is 15.5. The molecule has 4 aromatic rings. The standard InChI is InChI=1S/C25H20N2O5/c1-15-3-5-16(6-4-15)13-20(24(28)17-7-10-19(31-2)11-8-17)23(25(29)30)18-9-12-21-22(14-18)27-32-26-21/h3-12,14H,13H2,1-2H3,(H,29,30)/b23-20+. The number of hydrogen-bond acceptors (Lipinski definition) is 6. The van der Waals surface area contributed by atoms with Crippen LogP contribution in [0.1, 0.15) is 27.0 Å². The van der Waals surface area contributed by atoms with Crippen LogP contribution in [0.15, 0.2) is 76.9 Å². The van der Waals surface area contributed by atoms with Crippen LogP contribution >= 0.6 is 0 Å². The highest BCUT2D eigenvalue weighted by atomic mass is 16.6. The van der Waals surface area contributed by atoms with Gasteiger partial charge in [0, 0.05) is 17.6 Å². The van der Waals surface area contributed by atoms with Gasteiger partial charge in [0.05, 0.1) is 12.7 Å². The Hall–Kier alpha value is -4.26. The Morgan fingerprint density at radius 1 is 0.906 bits per heavy atom. The summed E-state index contributed by atoms with van der Waals surface area (Å²) in [6, 6.07) is 19.0. The smallest absolute Gasteiger partial charge is 0.336 e. The molecule has 0 aliphatic heterocycles. The molecule has 0 spiro atoms. The SMILES string of the molecule is COc1ccc(C(=O)/C(Cc2ccc(C)cc2)=C(/C(=O)O)c2ccc3nonc3c2)cc1. The second kappa shape index (κ2) is 8.85. The average Bonchev–Trinajstić information content (AvgIpc) is 3.27. The van der Waals surface area contributed by atoms with Gasteiger partial charge in [-0.15, -0.1) is 0 Å². The number of benzene rings is 3. The van der Waals surface area contributed by atoms with Gasteiger partial charge >= 0.3 is 5.97 Å². The van der Waals surface area contributed by atoms with E-state index in [0.29, 0.717) is 27.9 Å². The van der Waals surface area contributed by atoms with Crippen LogP contribution in [-0.4, -0.2) is 34.3 Å². The third kappa shape index (κ3) is 4.27. The third-order valence-electron chi connectivity index (χ3n) is 5.19. The van der Waals surface area contributed by atoms with E-state index in [-0.39, 0.29) is 23.4 Å². The number of ketones is 1. The number of rotatable bonds is 7. The number of aryl methyl sites for hydroxylation is 1. The molecule has 0 saturated carbocycles. The summed E-state index contributed by atoms with van der Waals surface area (Å²) in [5.74, 6) is -0.971. The number of carbonyl (C=O) groups is 2. The fourth-order valence-corrected chi connectivity index (χ4v) is 3.47. The van der Waals surface area contributed by atoms with Crippen molar-refractivity contribution in [3.63, 3.8) is 0 Å². The molecule has 0 radical (unpaired) electrons. The van der Waals surface area contributed by atoms with E-state index in [2.05, 4.69) is 10.3 Å². The maximum atomic E-state index is 13.5. The summed E-state index contributed by atoms with van der Waals surface area (Å²) in [5.41, 5.74) is 3.62. The Labute approximate surface area is 183 Å². The molecule has 160 valence electrons. The predicted octanol–water partition coefficient (Wildman–Crippen LogP) is 4.50. The van der Waals surface area contributed by atoms with Gasteiger partial charge in [-0.1, -0.05) is 35.9 Å². The molecule has 3 aromatic carbocycles. The fraction of sp³-hybridized carbons (Fsp3) is 0.120. The van der Waals surface area contributed by atoms with E-state index in [1.807, 2.05) is 31.2 Å². The number of ether oxygens (including phenoxy) is 1. The number of hydrogen-bond donors (Lipinski definition) is 1. The first kappa shape index (κ1) is 21.0. The van der Waals surface area contributed by atoms with E-state index in [9.17, 15) is 14.7 Å². The minimum absolute atomic E-state index is 0.0868. The van der Waals surface area contributed by atoms with Crippen molar-refractivity contribution < 1.29 is 24.1 Å². The Morgan fingerprint density at radius 3 is 2.22 bits per heavy atom. The summed E-state index contributed by atoms with van der Waals surface area (Å²) in [6.45, 7) is 1.97. The number of fused-ring (bicyclic) bond motifs is 1. The van der Waals surface area contributed by atoms with Crippen molar-refractivity contribution in [3.8, 4) is 5.75 Å². The zero-order valence-electron chi connectivity index (χ0n) is 17.5. The second-order valence-corrected chi connectivity index (χ2v) is 7.35. The lowest BCUT2D eigenvalue weighted by Crippen LogP contribution is -2.14. The molecule has 4 rings (SSSR count). The number of aromatic nitrogens is 2. The van der Waals surface area contributed by atoms with E-state index in [0.717, 1.165) is 11.1 Å². The van der Waals surface area contributed by atoms with E-state index in [1.165, 1.54) is 7.11 Å². The van der Waals surface area contributed by atoms with Crippen LogP contribution in [0.3, 0.4) is 0 Å². The molecule has 0 amide bonds. The molecule has 1 heterocycles. The molecule has 0 bridgehead atoms. The molecule has 1 aromatic heterocycles. The van der Waals surface area contributed by atoms with E-state index in [1.54, 1.807) is 42.5 Å². The highest BCUT2D eigenvalue weighted by Crippen LogP contribution is 2.28. The molecule has 0 fully saturated rings. The van der Waals surface area contributed by atoms with Gasteiger partial charge in [0.2, 0.25) is 0 Å². The number of carboxylic acid groups (broad SMARTS) is 1. The zero-order valence-corrected chi connectivity index (χ0v) is 17.5. The van der Waals surface area contributed by atoms with Gasteiger partial charge < -0.3 is 9.84 Å². The lowest BCUT2D eigenvalue weighted by atomic mass is 9.89. The van der Waals surface area contributed by atoms with E-state index < -0.39 is 5.97 Å². The Kier molecular flexibility index (Phi) is 5.81. The number of carboxylic acids is 1. The molecule has 0 aliphatic rings. The van der Waals surface area contributed by atoms with Crippen LogP contribution < -0.4 is 4.74 Å². The zero-order chi connectivity index (χ0) is 22.7. The Balaban J connectivity index is 1.88. The lowest BCUT2D eigenvalue weighted by molar-refractivity contribution is -0.130. The summed E-state index contributed by atoms with van der Waals surface area (Å²) in [7, 11) is 1.54. The lowest BCUT2D eigenvalue weighted by Gasteiger charge is -2.13. The molecule has 0 aliphatic carbocycles. The Morgan fingerprint density at radius 2 is 1.56 bits per heavy atom. The molecule has 0 atom stereocenters. The first-order valence-corrected chi connectivity index (χ1v) is 9.89. The molecule has 7 nitrogen and oxygen atoms in total.